The van der Waals surface area contributed by atoms with Crippen molar-refractivity contribution in [2.75, 3.05) is 5.73 Å². The zero-order valence-corrected chi connectivity index (χ0v) is 16.8. The SMILES string of the molecule is Nc1nc(=O)c2c(CCc3ccc(C(=O)N[C@@H](CCC(=O)O)C(=O)O)cc3)c[nH]c2[nH]1.O.[NaH]. The number of nitrogens with two attached hydrogens (primary N) is 1. The molecule has 0 aliphatic heterocycles. The second-order valence-corrected chi connectivity index (χ2v) is 6.98. The number of benzene rings is 1. The van der Waals surface area contributed by atoms with Gasteiger partial charge in [-0.3, -0.25) is 14.4 Å². The van der Waals surface area contributed by atoms with Crippen LogP contribution < -0.4 is 16.6 Å². The predicted molar refractivity (Wildman–Crippen MR) is 121 cm³/mol. The Morgan fingerprint density at radius 1 is 1.12 bits per heavy atom. The van der Waals surface area contributed by atoms with Gasteiger partial charge in [-0.15, -0.1) is 0 Å². The number of amides is 1. The van der Waals surface area contributed by atoms with Crippen LogP contribution in [0.1, 0.15) is 34.3 Å². The van der Waals surface area contributed by atoms with Gasteiger partial charge in [-0.1, -0.05) is 12.1 Å². The van der Waals surface area contributed by atoms with Crippen molar-refractivity contribution in [3.8, 4) is 0 Å². The molecule has 0 radical (unpaired) electrons. The molecule has 0 fully saturated rings. The molecule has 0 bridgehead atoms. The fourth-order valence-electron chi connectivity index (χ4n) is 3.19. The van der Waals surface area contributed by atoms with Crippen molar-refractivity contribution < 1.29 is 30.1 Å². The Labute approximate surface area is 209 Å². The van der Waals surface area contributed by atoms with E-state index in [9.17, 15) is 19.2 Å². The van der Waals surface area contributed by atoms with E-state index in [0.29, 0.717) is 23.9 Å². The quantitative estimate of drug-likeness (QED) is 0.217. The number of carboxylic acid groups (broad SMARTS) is 2. The molecular formula is C20H24N5NaO7. The molecule has 1 atom stereocenters. The van der Waals surface area contributed by atoms with E-state index in [1.165, 1.54) is 0 Å². The number of carbonyl (C=O) groups excluding carboxylic acids is 1. The molecule has 33 heavy (non-hydrogen) atoms. The molecule has 1 aromatic carbocycles. The first-order valence-corrected chi connectivity index (χ1v) is 9.44. The maximum absolute atomic E-state index is 12.3. The fourth-order valence-corrected chi connectivity index (χ4v) is 3.19. The van der Waals surface area contributed by atoms with Crippen LogP contribution in [-0.4, -0.2) is 84.1 Å². The van der Waals surface area contributed by atoms with E-state index in [1.54, 1.807) is 30.5 Å². The molecule has 2 aromatic heterocycles. The maximum atomic E-state index is 12.3. The Morgan fingerprint density at radius 2 is 1.79 bits per heavy atom. The van der Waals surface area contributed by atoms with Crippen molar-refractivity contribution in [2.24, 2.45) is 0 Å². The third kappa shape index (κ3) is 7.15. The van der Waals surface area contributed by atoms with Gasteiger partial charge in [-0.25, -0.2) is 4.79 Å². The third-order valence-electron chi connectivity index (χ3n) is 4.80. The summed E-state index contributed by atoms with van der Waals surface area (Å²) in [6.07, 6.45) is 2.29. The minimum absolute atomic E-state index is 0. The summed E-state index contributed by atoms with van der Waals surface area (Å²) in [6.45, 7) is 0. The van der Waals surface area contributed by atoms with Gasteiger partial charge in [0.15, 0.2) is 0 Å². The van der Waals surface area contributed by atoms with E-state index in [1.807, 2.05) is 0 Å². The van der Waals surface area contributed by atoms with E-state index in [2.05, 4.69) is 20.3 Å². The second-order valence-electron chi connectivity index (χ2n) is 6.98. The van der Waals surface area contributed by atoms with Gasteiger partial charge in [0.1, 0.15) is 11.7 Å². The fraction of sp³-hybridized carbons (Fsp3) is 0.250. The topological polar surface area (TPSA) is 223 Å². The Morgan fingerprint density at radius 3 is 2.39 bits per heavy atom. The zero-order chi connectivity index (χ0) is 22.5. The number of carbonyl (C=O) groups is 3. The first kappa shape index (κ1) is 27.8. The molecule has 9 N–H and O–H groups in total. The van der Waals surface area contributed by atoms with Crippen LogP contribution in [0.4, 0.5) is 5.95 Å². The number of nitrogens with zero attached hydrogens (tertiary/aromatic N) is 1. The van der Waals surface area contributed by atoms with Gasteiger partial charge in [0.25, 0.3) is 11.5 Å². The molecule has 0 saturated heterocycles. The standard InChI is InChI=1S/C20H21N5O6.Na.H2O.H/c21-20-24-16-15(18(29)25-20)12(9-22-16)6-3-10-1-4-11(5-2-10)17(28)23-13(19(30)31)7-8-14(26)27;;;/h1-2,4-5,9,13H,3,6-8H2,(H,23,28)(H,26,27)(H,30,31)(H4,21,22,24,25,29);;1H2;/t13-;;;/m0.../s1. The van der Waals surface area contributed by atoms with Crippen molar-refractivity contribution in [1.29, 1.82) is 0 Å². The Kier molecular flexibility index (Phi) is 10.3. The van der Waals surface area contributed by atoms with Gasteiger partial charge >= 0.3 is 41.5 Å². The van der Waals surface area contributed by atoms with Crippen LogP contribution in [0.3, 0.4) is 0 Å². The summed E-state index contributed by atoms with van der Waals surface area (Å²) in [5.74, 6) is -3.00. The minimum atomic E-state index is -1.30. The van der Waals surface area contributed by atoms with Gasteiger partial charge < -0.3 is 36.7 Å². The van der Waals surface area contributed by atoms with Gasteiger partial charge in [-0.05, 0) is 42.5 Å². The number of fused-ring (bicyclic) bond motifs is 1. The molecule has 172 valence electrons. The van der Waals surface area contributed by atoms with Crippen LogP contribution >= 0.6 is 0 Å². The number of H-pyrrole nitrogens is 2. The van der Waals surface area contributed by atoms with Gasteiger partial charge in [-0.2, -0.15) is 4.98 Å². The number of nitrogens with one attached hydrogen (secondary N) is 3. The number of anilines is 1. The Balaban J connectivity index is 0.00000272. The van der Waals surface area contributed by atoms with E-state index in [4.69, 9.17) is 15.9 Å². The summed E-state index contributed by atoms with van der Waals surface area (Å²) in [5.41, 5.74) is 7.59. The van der Waals surface area contributed by atoms with Crippen LogP contribution in [0, 0.1) is 0 Å². The van der Waals surface area contributed by atoms with Crippen LogP contribution in [-0.2, 0) is 22.4 Å². The van der Waals surface area contributed by atoms with Crippen molar-refractivity contribution >= 4 is 64.4 Å². The first-order valence-electron chi connectivity index (χ1n) is 9.44. The average molecular weight is 469 g/mol. The van der Waals surface area contributed by atoms with Crippen LogP contribution in [0.5, 0.6) is 0 Å². The molecule has 3 rings (SSSR count). The van der Waals surface area contributed by atoms with Crippen molar-refractivity contribution in [2.45, 2.75) is 31.7 Å². The normalized spacial score (nSPS) is 11.2. The number of rotatable bonds is 9. The number of hydrogen-bond donors (Lipinski definition) is 6. The molecule has 13 heteroatoms. The third-order valence-corrected chi connectivity index (χ3v) is 4.80. The molecule has 1 amide bonds. The van der Waals surface area contributed by atoms with Crippen molar-refractivity contribution in [1.82, 2.24) is 20.3 Å². The molecule has 3 aromatic rings. The van der Waals surface area contributed by atoms with Crippen LogP contribution in [0.25, 0.3) is 11.0 Å². The van der Waals surface area contributed by atoms with E-state index >= 15 is 0 Å². The Hall–Kier alpha value is -3.19. The second kappa shape index (κ2) is 12.2. The summed E-state index contributed by atoms with van der Waals surface area (Å²) in [4.78, 5) is 55.7. The van der Waals surface area contributed by atoms with Crippen LogP contribution in [0.15, 0.2) is 35.3 Å². The summed E-state index contributed by atoms with van der Waals surface area (Å²) in [5, 5.41) is 20.6. The molecule has 0 unspecified atom stereocenters. The van der Waals surface area contributed by atoms with E-state index in [-0.39, 0.29) is 59.4 Å². The molecule has 0 aliphatic carbocycles. The van der Waals surface area contributed by atoms with E-state index < -0.39 is 29.4 Å². The number of aromatic nitrogens is 3. The molecule has 2 heterocycles. The van der Waals surface area contributed by atoms with Gasteiger partial charge in [0.05, 0.1) is 5.39 Å². The molecule has 0 saturated carbocycles. The number of nitrogen functional groups attached to an aromatic ring is 1. The molecule has 0 spiro atoms. The van der Waals surface area contributed by atoms with E-state index in [0.717, 1.165) is 11.1 Å². The van der Waals surface area contributed by atoms with Gasteiger partial charge in [0, 0.05) is 18.2 Å². The average Bonchev–Trinajstić information content (AvgIpc) is 3.12. The summed E-state index contributed by atoms with van der Waals surface area (Å²) in [6, 6.07) is 5.30. The summed E-state index contributed by atoms with van der Waals surface area (Å²) >= 11 is 0. The number of aliphatic carboxylic acids is 2. The Bertz CT molecular complexity index is 1190. The molecule has 0 aliphatic rings. The van der Waals surface area contributed by atoms with Crippen molar-refractivity contribution in [3.05, 3.63) is 57.5 Å². The summed E-state index contributed by atoms with van der Waals surface area (Å²) < 4.78 is 0. The van der Waals surface area contributed by atoms with Crippen molar-refractivity contribution in [3.63, 3.8) is 0 Å². The summed E-state index contributed by atoms with van der Waals surface area (Å²) in [7, 11) is 0. The first-order chi connectivity index (χ1) is 14.7. The van der Waals surface area contributed by atoms with Gasteiger partial charge in [0.2, 0.25) is 5.95 Å². The monoisotopic (exact) mass is 469 g/mol. The number of carboxylic acids is 2. The number of aryl methyl sites for hydroxylation is 2. The molecule has 12 nitrogen and oxygen atoms in total. The molecular weight excluding hydrogens is 445 g/mol. The number of aromatic amines is 2. The zero-order valence-electron chi connectivity index (χ0n) is 16.8. The van der Waals surface area contributed by atoms with Crippen LogP contribution in [0.2, 0.25) is 0 Å². The number of hydrogen-bond acceptors (Lipinski definition) is 6. The predicted octanol–water partition coefficient (Wildman–Crippen LogP) is -0.807.